The normalized spacial score (nSPS) is 19.0. The number of benzene rings is 2. The van der Waals surface area contributed by atoms with E-state index in [-0.39, 0.29) is 57.5 Å². The molecule has 1 saturated heterocycles. The van der Waals surface area contributed by atoms with Crippen LogP contribution < -0.4 is 27.3 Å². The number of phenols is 4. The van der Waals surface area contributed by atoms with E-state index in [4.69, 9.17) is 50.0 Å². The van der Waals surface area contributed by atoms with Crippen LogP contribution in [0.15, 0.2) is 65.1 Å². The fourth-order valence-electron chi connectivity index (χ4n) is 9.80. The summed E-state index contributed by atoms with van der Waals surface area (Å²) in [5.74, 6) is -6.88. The summed E-state index contributed by atoms with van der Waals surface area (Å²) < 4.78 is 43.4. The van der Waals surface area contributed by atoms with Crippen molar-refractivity contribution in [3.05, 3.63) is 60.7 Å². The Morgan fingerprint density at radius 1 is 0.625 bits per heavy atom. The topological polar surface area (TPSA) is 346 Å². The number of nitrogens with two attached hydrogens (primary N) is 3. The molecule has 0 spiro atoms. The van der Waals surface area contributed by atoms with Gasteiger partial charge in [0.25, 0.3) is 0 Å². The Bertz CT molecular complexity index is 2620. The van der Waals surface area contributed by atoms with Crippen molar-refractivity contribution in [2.45, 2.75) is 229 Å². The van der Waals surface area contributed by atoms with Crippen molar-refractivity contribution in [3.8, 4) is 40.1 Å². The number of hydrogen-bond acceptors (Lipinski definition) is 22. The van der Waals surface area contributed by atoms with E-state index in [1.807, 2.05) is 0 Å². The maximum atomic E-state index is 13.9. The highest BCUT2D eigenvalue weighted by atomic mass is 32.1. The molecule has 0 aliphatic carbocycles. The number of ether oxygens (including phenoxy) is 6. The Labute approximate surface area is 535 Å². The van der Waals surface area contributed by atoms with Gasteiger partial charge in [0, 0.05) is 35.5 Å². The number of aromatic hydroxyl groups is 4. The van der Waals surface area contributed by atoms with Crippen molar-refractivity contribution >= 4 is 72.7 Å². The molecule has 1 aromatic heterocycles. The molecule has 88 heavy (non-hydrogen) atoms. The van der Waals surface area contributed by atoms with Crippen molar-refractivity contribution in [1.82, 2.24) is 5.32 Å². The highest BCUT2D eigenvalue weighted by Crippen LogP contribution is 2.42. The predicted octanol–water partition coefficient (Wildman–Crippen LogP) is 9.16. The third kappa shape index (κ3) is 26.1. The number of allylic oxidation sites excluding steroid dienone is 3. The molecule has 2 aromatic carbocycles. The van der Waals surface area contributed by atoms with Crippen LogP contribution in [0.2, 0.25) is 0 Å². The van der Waals surface area contributed by atoms with E-state index in [1.54, 1.807) is 6.08 Å². The summed E-state index contributed by atoms with van der Waals surface area (Å²) in [4.78, 5) is 55.3. The van der Waals surface area contributed by atoms with E-state index in [2.05, 4.69) is 69.2 Å². The van der Waals surface area contributed by atoms with Crippen LogP contribution in [0.25, 0.3) is 22.3 Å². The van der Waals surface area contributed by atoms with Gasteiger partial charge in [-0.2, -0.15) is 37.9 Å². The smallest absolute Gasteiger partial charge is 0.402 e. The van der Waals surface area contributed by atoms with E-state index in [0.717, 1.165) is 50.7 Å². The van der Waals surface area contributed by atoms with Crippen molar-refractivity contribution < 1.29 is 82.7 Å². The Morgan fingerprint density at radius 3 is 1.72 bits per heavy atom. The zero-order valence-electron chi connectivity index (χ0n) is 51.2. The number of fused-ring (bicyclic) bond motifs is 1. The Kier molecular flexibility index (Phi) is 36.1. The molecule has 1 fully saturated rings. The van der Waals surface area contributed by atoms with E-state index in [9.17, 15) is 49.8 Å². The number of phenolic OH excluding ortho intramolecular Hbond substituents is 4. The third-order valence-electron chi connectivity index (χ3n) is 15.1. The van der Waals surface area contributed by atoms with E-state index < -0.39 is 121 Å². The van der Waals surface area contributed by atoms with E-state index in [0.29, 0.717) is 19.3 Å². The fraction of sp³-hybridized carbons (Fsp3) is 0.641. The number of carbonyl (C=O) groups is 4. The molecule has 13 N–H and O–H groups in total. The van der Waals surface area contributed by atoms with Gasteiger partial charge in [0.1, 0.15) is 53.8 Å². The summed E-state index contributed by atoms with van der Waals surface area (Å²) in [5, 5.41) is 67.9. The van der Waals surface area contributed by atoms with Crippen LogP contribution in [0.1, 0.15) is 162 Å². The van der Waals surface area contributed by atoms with Gasteiger partial charge in [0.05, 0.1) is 30.4 Å². The molecule has 1 aliphatic heterocycles. The summed E-state index contributed by atoms with van der Waals surface area (Å²) in [5.41, 5.74) is 18.4. The van der Waals surface area contributed by atoms with Crippen molar-refractivity contribution in [1.29, 1.82) is 0 Å². The van der Waals surface area contributed by atoms with Gasteiger partial charge in [0.2, 0.25) is 11.7 Å². The van der Waals surface area contributed by atoms with Crippen LogP contribution >= 0.6 is 37.9 Å². The van der Waals surface area contributed by atoms with Crippen LogP contribution in [0.3, 0.4) is 0 Å². The highest BCUT2D eigenvalue weighted by Gasteiger charge is 2.54. The van der Waals surface area contributed by atoms with Crippen LogP contribution in [0.5, 0.6) is 28.7 Å². The maximum absolute atomic E-state index is 13.9. The van der Waals surface area contributed by atoms with Gasteiger partial charge in [-0.1, -0.05) is 154 Å². The average Bonchev–Trinajstić information content (AvgIpc) is 1.18. The second-order valence-electron chi connectivity index (χ2n) is 22.5. The number of amides is 1. The van der Waals surface area contributed by atoms with Crippen molar-refractivity contribution in [3.63, 3.8) is 0 Å². The van der Waals surface area contributed by atoms with Gasteiger partial charge >= 0.3 is 29.3 Å². The number of nitrogens with one attached hydrogen (secondary N) is 1. The first-order valence-electron chi connectivity index (χ1n) is 31.3. The first-order valence-corrected chi connectivity index (χ1v) is 33.2. The Morgan fingerprint density at radius 2 is 1.15 bits per heavy atom. The fourth-order valence-corrected chi connectivity index (χ4v) is 10.2. The van der Waals surface area contributed by atoms with Gasteiger partial charge in [0.15, 0.2) is 36.1 Å². The molecule has 0 bridgehead atoms. The molecular weight excluding hydrogens is 1190 g/mol. The lowest BCUT2D eigenvalue weighted by atomic mass is 9.97. The largest absolute Gasteiger partial charge is 0.507 e. The highest BCUT2D eigenvalue weighted by molar-refractivity contribution is 7.80. The van der Waals surface area contributed by atoms with Gasteiger partial charge in [-0.05, 0) is 44.2 Å². The molecule has 4 rings (SSSR count). The zero-order valence-corrected chi connectivity index (χ0v) is 53.9. The number of esters is 3. The van der Waals surface area contributed by atoms with E-state index in [1.165, 1.54) is 114 Å². The molecule has 494 valence electrons. The number of carbonyl (C=O) groups excluding carboxylic acids is 4. The number of aliphatic hydroxyl groups excluding tert-OH is 2. The second-order valence-corrected chi connectivity index (χ2v) is 23.6. The molecule has 0 saturated carbocycles. The minimum Gasteiger partial charge on any atom is -0.507 e. The number of hydrogen-bond donors (Lipinski definition) is 13. The quantitative estimate of drug-likeness (QED) is 0.00477. The molecule has 11 unspecified atom stereocenters. The first kappa shape index (κ1) is 75.4. The predicted molar refractivity (Wildman–Crippen MR) is 348 cm³/mol. The average molecular weight is 1290 g/mol. The number of thiol groups is 3. The lowest BCUT2D eigenvalue weighted by Gasteiger charge is -2.45. The lowest BCUT2D eigenvalue weighted by Crippen LogP contribution is -2.65. The SMILES string of the molecule is CCCCCCCCC/C=C/CC/C=C/C(O)C(COC1OC(COc2cc3c(O)cc(O)cc3[o+]c2-c2ccc(O)c(O)c2)C(OC(=O)C(N)CS)C(OC(=O)C(N)CS)C1OC(=O)C(N)CS)NC(=O)C(O)CCCCCCCCCCCCCC. The second kappa shape index (κ2) is 42.1. The molecular formula is C64H99N4O17S3+. The Balaban J connectivity index is 1.72. The minimum atomic E-state index is -1.89. The molecule has 3 aromatic rings. The summed E-state index contributed by atoms with van der Waals surface area (Å²) in [6.07, 6.45) is 19.4. The van der Waals surface area contributed by atoms with Crippen LogP contribution in [0, 0.1) is 0 Å². The monoisotopic (exact) mass is 1290 g/mol. The third-order valence-corrected chi connectivity index (χ3v) is 16.3. The lowest BCUT2D eigenvalue weighted by molar-refractivity contribution is -0.309. The van der Waals surface area contributed by atoms with Crippen molar-refractivity contribution in [2.75, 3.05) is 30.5 Å². The maximum Gasteiger partial charge on any atom is 0.402 e. The summed E-state index contributed by atoms with van der Waals surface area (Å²) >= 11 is 12.5. The Hall–Kier alpha value is -5.02. The molecule has 11 atom stereocenters. The van der Waals surface area contributed by atoms with Gasteiger partial charge in [-0.25, -0.2) is 4.42 Å². The zero-order chi connectivity index (χ0) is 64.4. The molecule has 21 nitrogen and oxygen atoms in total. The summed E-state index contributed by atoms with van der Waals surface area (Å²) in [6, 6.07) is 1.83. The number of unbranched alkanes of at least 4 members (excludes halogenated alkanes) is 19. The molecule has 0 radical (unpaired) electrons. The number of rotatable bonds is 44. The molecule has 1 aliphatic rings. The molecule has 24 heteroatoms. The molecule has 1 amide bonds. The van der Waals surface area contributed by atoms with Gasteiger partial charge in [-0.3, -0.25) is 19.2 Å². The van der Waals surface area contributed by atoms with Gasteiger partial charge in [-0.15, -0.1) is 0 Å². The summed E-state index contributed by atoms with van der Waals surface area (Å²) in [7, 11) is 0. The van der Waals surface area contributed by atoms with Crippen LogP contribution in [0.4, 0.5) is 0 Å². The summed E-state index contributed by atoms with van der Waals surface area (Å²) in [6.45, 7) is 3.09. The van der Waals surface area contributed by atoms with Gasteiger partial charge < -0.3 is 81.6 Å². The standard InChI is InChI=1S/C64H98N4O17S3/c1-3-5-7-9-11-13-15-17-19-20-22-24-26-28-48(70)47(68-60(75)50(72)29-27-25-23-21-18-16-14-12-10-8-6-4-2)36-80-64-59(85-63(78)46(67)40-88)58(84-62(77)45(66)39-87)57(83-61(76)44(65)38-86)55(82-64)37-79-54-35-43-51(73)33-42(69)34-53(43)81-56(54)41-30-31-49(71)52(74)32-41/h19-20,26,28,30-35,44-48,50,55,57-59,64,70,72H,3-18,21-25,27,29,36-40,65-67H2,1-2H3,(H7-,68,69,71,73,74,75,86,87,88)/p+1/b20-19+,28-26+. The van der Waals surface area contributed by atoms with Crippen LogP contribution in [-0.2, 0) is 42.9 Å². The first-order chi connectivity index (χ1) is 42.4. The van der Waals surface area contributed by atoms with Crippen LogP contribution in [-0.4, -0.2) is 152 Å². The van der Waals surface area contributed by atoms with E-state index >= 15 is 0 Å². The molecule has 2 heterocycles. The minimum absolute atomic E-state index is 0.0308. The van der Waals surface area contributed by atoms with Crippen molar-refractivity contribution in [2.24, 2.45) is 17.2 Å². The number of aliphatic hydroxyl groups is 2.